The fourth-order valence-corrected chi connectivity index (χ4v) is 2.91. The third-order valence-electron chi connectivity index (χ3n) is 4.07. The van der Waals surface area contributed by atoms with Gasteiger partial charge >= 0.3 is 0 Å². The molecule has 0 amide bonds. The minimum Gasteiger partial charge on any atom is -0.494 e. The van der Waals surface area contributed by atoms with Crippen LogP contribution in [0.2, 0.25) is 0 Å². The zero-order valence-corrected chi connectivity index (χ0v) is 12.6. The summed E-state index contributed by atoms with van der Waals surface area (Å²) >= 11 is 0. The van der Waals surface area contributed by atoms with Crippen LogP contribution in [-0.2, 0) is 0 Å². The Morgan fingerprint density at radius 3 is 2.50 bits per heavy atom. The van der Waals surface area contributed by atoms with E-state index >= 15 is 0 Å². The van der Waals surface area contributed by atoms with Gasteiger partial charge in [0.1, 0.15) is 5.75 Å². The Kier molecular flexibility index (Phi) is 6.13. The Bertz CT molecular complexity index is 416. The van der Waals surface area contributed by atoms with Crippen LogP contribution in [0.25, 0.3) is 6.08 Å². The van der Waals surface area contributed by atoms with Crippen molar-refractivity contribution in [3.05, 3.63) is 35.4 Å². The molecule has 1 aromatic carbocycles. The molecule has 0 radical (unpaired) electrons. The lowest BCUT2D eigenvalue weighted by atomic mass is 9.83. The predicted octanol–water partition coefficient (Wildman–Crippen LogP) is 4.40. The first-order valence-corrected chi connectivity index (χ1v) is 7.97. The van der Waals surface area contributed by atoms with Crippen LogP contribution in [0.1, 0.15) is 51.0 Å². The van der Waals surface area contributed by atoms with Gasteiger partial charge in [-0.25, -0.2) is 0 Å². The molecule has 20 heavy (non-hydrogen) atoms. The van der Waals surface area contributed by atoms with Gasteiger partial charge in [0, 0.05) is 6.54 Å². The van der Waals surface area contributed by atoms with Crippen LogP contribution in [-0.4, -0.2) is 13.2 Å². The van der Waals surface area contributed by atoms with Crippen molar-refractivity contribution in [2.75, 3.05) is 13.2 Å². The van der Waals surface area contributed by atoms with E-state index in [1.54, 1.807) is 0 Å². The van der Waals surface area contributed by atoms with E-state index < -0.39 is 0 Å². The molecule has 0 heterocycles. The zero-order valence-electron chi connectivity index (χ0n) is 12.6. The summed E-state index contributed by atoms with van der Waals surface area (Å²) in [6.07, 6.45) is 10.0. The smallest absolute Gasteiger partial charge is 0.119 e. The number of nitrogens with two attached hydrogens (primary N) is 1. The molecule has 0 unspecified atom stereocenters. The average molecular weight is 273 g/mol. The Labute approximate surface area is 123 Å². The Hall–Kier alpha value is -1.28. The largest absolute Gasteiger partial charge is 0.494 e. The van der Waals surface area contributed by atoms with Crippen molar-refractivity contribution in [3.8, 4) is 5.75 Å². The quantitative estimate of drug-likeness (QED) is 0.834. The number of hydrogen-bond acceptors (Lipinski definition) is 2. The van der Waals surface area contributed by atoms with Gasteiger partial charge in [-0.15, -0.1) is 0 Å². The van der Waals surface area contributed by atoms with Gasteiger partial charge in [-0.3, -0.25) is 0 Å². The number of ether oxygens (including phenoxy) is 1. The lowest BCUT2D eigenvalue weighted by Gasteiger charge is -2.24. The first-order chi connectivity index (χ1) is 9.83. The van der Waals surface area contributed by atoms with E-state index in [-0.39, 0.29) is 0 Å². The van der Waals surface area contributed by atoms with Gasteiger partial charge in [-0.1, -0.05) is 50.0 Å². The van der Waals surface area contributed by atoms with Crippen molar-refractivity contribution in [1.29, 1.82) is 0 Å². The lowest BCUT2D eigenvalue weighted by Crippen LogP contribution is -2.16. The molecule has 1 aliphatic rings. The highest BCUT2D eigenvalue weighted by molar-refractivity contribution is 5.55. The fourth-order valence-electron chi connectivity index (χ4n) is 2.91. The van der Waals surface area contributed by atoms with E-state index in [1.165, 1.54) is 43.2 Å². The molecule has 2 nitrogen and oxygen atoms in total. The Morgan fingerprint density at radius 1 is 1.20 bits per heavy atom. The highest BCUT2D eigenvalue weighted by atomic mass is 16.5. The van der Waals surface area contributed by atoms with E-state index in [2.05, 4.69) is 37.3 Å². The van der Waals surface area contributed by atoms with E-state index in [4.69, 9.17) is 10.5 Å². The van der Waals surface area contributed by atoms with Crippen molar-refractivity contribution < 1.29 is 4.74 Å². The topological polar surface area (TPSA) is 35.2 Å². The molecular formula is C18H27NO. The van der Waals surface area contributed by atoms with Crippen molar-refractivity contribution in [2.24, 2.45) is 11.7 Å². The Balaban J connectivity index is 2.03. The SMILES string of the molecule is CCCOc1ccc(/C=C(/CN)C2CCCCC2)cc1. The van der Waals surface area contributed by atoms with Crippen LogP contribution in [0, 0.1) is 5.92 Å². The highest BCUT2D eigenvalue weighted by Gasteiger charge is 2.16. The summed E-state index contributed by atoms with van der Waals surface area (Å²) in [6.45, 7) is 3.58. The highest BCUT2D eigenvalue weighted by Crippen LogP contribution is 2.30. The third-order valence-corrected chi connectivity index (χ3v) is 4.07. The maximum atomic E-state index is 5.95. The summed E-state index contributed by atoms with van der Waals surface area (Å²) in [5.41, 5.74) is 8.60. The van der Waals surface area contributed by atoms with Crippen LogP contribution >= 0.6 is 0 Å². The zero-order chi connectivity index (χ0) is 14.2. The summed E-state index contributed by atoms with van der Waals surface area (Å²) in [6, 6.07) is 8.36. The van der Waals surface area contributed by atoms with Gasteiger partial charge in [0.2, 0.25) is 0 Å². The molecule has 0 bridgehead atoms. The molecule has 0 saturated heterocycles. The summed E-state index contributed by atoms with van der Waals surface area (Å²) in [5.74, 6) is 1.65. The van der Waals surface area contributed by atoms with Crippen molar-refractivity contribution in [1.82, 2.24) is 0 Å². The molecule has 1 fully saturated rings. The normalized spacial score (nSPS) is 17.2. The van der Waals surface area contributed by atoms with E-state index in [1.807, 2.05) is 0 Å². The third kappa shape index (κ3) is 4.38. The molecule has 2 heteroatoms. The molecule has 1 saturated carbocycles. The number of rotatable bonds is 6. The first kappa shape index (κ1) is 15.1. The summed E-state index contributed by atoms with van der Waals surface area (Å²) in [4.78, 5) is 0. The van der Waals surface area contributed by atoms with Crippen LogP contribution < -0.4 is 10.5 Å². The molecule has 0 spiro atoms. The van der Waals surface area contributed by atoms with Gasteiger partial charge in [-0.05, 0) is 42.9 Å². The lowest BCUT2D eigenvalue weighted by molar-refractivity contribution is 0.317. The van der Waals surface area contributed by atoms with Crippen molar-refractivity contribution >= 4 is 6.08 Å². The minimum atomic E-state index is 0.679. The van der Waals surface area contributed by atoms with Gasteiger partial charge < -0.3 is 10.5 Å². The number of benzene rings is 1. The summed E-state index contributed by atoms with van der Waals surface area (Å²) in [7, 11) is 0. The summed E-state index contributed by atoms with van der Waals surface area (Å²) in [5, 5.41) is 0. The first-order valence-electron chi connectivity index (χ1n) is 7.97. The molecule has 1 aliphatic carbocycles. The average Bonchev–Trinajstić information content (AvgIpc) is 2.52. The molecule has 0 atom stereocenters. The molecule has 0 aromatic heterocycles. The van der Waals surface area contributed by atoms with Crippen LogP contribution in [0.3, 0.4) is 0 Å². The molecule has 2 N–H and O–H groups in total. The van der Waals surface area contributed by atoms with Crippen LogP contribution in [0.4, 0.5) is 0 Å². The monoisotopic (exact) mass is 273 g/mol. The van der Waals surface area contributed by atoms with Crippen LogP contribution in [0.5, 0.6) is 5.75 Å². The van der Waals surface area contributed by atoms with Crippen LogP contribution in [0.15, 0.2) is 29.8 Å². The Morgan fingerprint density at radius 2 is 1.90 bits per heavy atom. The predicted molar refractivity (Wildman–Crippen MR) is 85.8 cm³/mol. The maximum absolute atomic E-state index is 5.95. The van der Waals surface area contributed by atoms with E-state index in [9.17, 15) is 0 Å². The fraction of sp³-hybridized carbons (Fsp3) is 0.556. The maximum Gasteiger partial charge on any atom is 0.119 e. The second-order valence-electron chi connectivity index (χ2n) is 5.68. The van der Waals surface area contributed by atoms with E-state index in [0.29, 0.717) is 12.5 Å². The number of hydrogen-bond donors (Lipinski definition) is 1. The van der Waals surface area contributed by atoms with E-state index in [0.717, 1.165) is 18.8 Å². The van der Waals surface area contributed by atoms with Gasteiger partial charge in [0.25, 0.3) is 0 Å². The minimum absolute atomic E-state index is 0.679. The van der Waals surface area contributed by atoms with Crippen molar-refractivity contribution in [2.45, 2.75) is 45.4 Å². The standard InChI is InChI=1S/C18H27NO/c1-2-12-20-18-10-8-15(9-11-18)13-17(14-19)16-6-4-3-5-7-16/h8-11,13,16H,2-7,12,14,19H2,1H3/b17-13-. The summed E-state index contributed by atoms with van der Waals surface area (Å²) < 4.78 is 5.61. The second kappa shape index (κ2) is 8.11. The van der Waals surface area contributed by atoms with Gasteiger partial charge in [0.05, 0.1) is 6.61 Å². The van der Waals surface area contributed by atoms with Crippen molar-refractivity contribution in [3.63, 3.8) is 0 Å². The second-order valence-corrected chi connectivity index (χ2v) is 5.68. The molecule has 2 rings (SSSR count). The molecule has 1 aromatic rings. The molecular weight excluding hydrogens is 246 g/mol. The van der Waals surface area contributed by atoms with Gasteiger partial charge in [0.15, 0.2) is 0 Å². The molecule has 0 aliphatic heterocycles. The van der Waals surface area contributed by atoms with Gasteiger partial charge in [-0.2, -0.15) is 0 Å². The molecule has 110 valence electrons.